The monoisotopic (exact) mass is 331 g/mol. The lowest BCUT2D eigenvalue weighted by Gasteiger charge is -2.18. The molecule has 0 aliphatic rings. The van der Waals surface area contributed by atoms with E-state index < -0.39 is 0 Å². The number of aliphatic hydroxyl groups excluding tert-OH is 1. The predicted molar refractivity (Wildman–Crippen MR) is 79.9 cm³/mol. The summed E-state index contributed by atoms with van der Waals surface area (Å²) in [6, 6.07) is 4.00. The molecule has 0 radical (unpaired) electrons. The minimum absolute atomic E-state index is 0.159. The van der Waals surface area contributed by atoms with Gasteiger partial charge in [0, 0.05) is 13.1 Å². The van der Waals surface area contributed by atoms with Crippen LogP contribution in [0, 0.1) is 0 Å². The lowest BCUT2D eigenvalue weighted by Crippen LogP contribution is -2.21. The van der Waals surface area contributed by atoms with Crippen molar-refractivity contribution in [2.45, 2.75) is 19.9 Å². The molecule has 4 nitrogen and oxygen atoms in total. The lowest BCUT2D eigenvalue weighted by atomic mass is 10.2. The van der Waals surface area contributed by atoms with Crippen molar-refractivity contribution in [3.05, 3.63) is 22.2 Å². The molecule has 0 heterocycles. The first-order valence-corrected chi connectivity index (χ1v) is 7.20. The first kappa shape index (κ1) is 16.3. The van der Waals surface area contributed by atoms with Crippen molar-refractivity contribution in [1.82, 2.24) is 4.90 Å². The number of likely N-dealkylation sites (N-methyl/N-ethyl adjacent to an activating group) is 1. The van der Waals surface area contributed by atoms with E-state index in [-0.39, 0.29) is 6.61 Å². The van der Waals surface area contributed by atoms with Gasteiger partial charge in [0.1, 0.15) is 0 Å². The second-order valence-electron chi connectivity index (χ2n) is 4.42. The molecule has 0 amide bonds. The van der Waals surface area contributed by atoms with Gasteiger partial charge in [-0.3, -0.25) is 4.90 Å². The van der Waals surface area contributed by atoms with Gasteiger partial charge in [-0.15, -0.1) is 0 Å². The van der Waals surface area contributed by atoms with Gasteiger partial charge in [0.05, 0.1) is 24.8 Å². The van der Waals surface area contributed by atoms with Gasteiger partial charge in [-0.05, 0) is 47.1 Å². The summed E-state index contributed by atoms with van der Waals surface area (Å²) in [6.45, 7) is 4.29. The van der Waals surface area contributed by atoms with E-state index in [2.05, 4.69) is 22.9 Å². The normalized spacial score (nSPS) is 10.8. The van der Waals surface area contributed by atoms with Crippen molar-refractivity contribution in [2.75, 3.05) is 33.9 Å². The molecule has 0 aliphatic carbocycles. The predicted octanol–water partition coefficient (Wildman–Crippen LogP) is 2.67. The van der Waals surface area contributed by atoms with Crippen LogP contribution in [0.4, 0.5) is 0 Å². The van der Waals surface area contributed by atoms with Crippen LogP contribution >= 0.6 is 15.9 Å². The van der Waals surface area contributed by atoms with Crippen molar-refractivity contribution in [1.29, 1.82) is 0 Å². The highest BCUT2D eigenvalue weighted by Crippen LogP contribution is 2.37. The van der Waals surface area contributed by atoms with Crippen LogP contribution in [-0.4, -0.2) is 43.9 Å². The Morgan fingerprint density at radius 1 is 1.37 bits per heavy atom. The SMILES string of the molecule is CCCOc1c(Br)cc(CN(C)CCO)cc1OC. The Hall–Kier alpha value is -0.780. The molecule has 0 aromatic heterocycles. The van der Waals surface area contributed by atoms with Crippen LogP contribution in [0.2, 0.25) is 0 Å². The van der Waals surface area contributed by atoms with E-state index in [0.29, 0.717) is 13.2 Å². The van der Waals surface area contributed by atoms with E-state index in [1.807, 2.05) is 24.1 Å². The summed E-state index contributed by atoms with van der Waals surface area (Å²) in [6.07, 6.45) is 0.955. The van der Waals surface area contributed by atoms with Gasteiger partial charge in [0.2, 0.25) is 0 Å². The first-order valence-electron chi connectivity index (χ1n) is 6.41. The van der Waals surface area contributed by atoms with Crippen molar-refractivity contribution in [3.63, 3.8) is 0 Å². The molecule has 0 atom stereocenters. The van der Waals surface area contributed by atoms with Crippen LogP contribution in [0.5, 0.6) is 11.5 Å². The summed E-state index contributed by atoms with van der Waals surface area (Å²) >= 11 is 3.52. The fourth-order valence-electron chi connectivity index (χ4n) is 1.77. The van der Waals surface area contributed by atoms with Crippen LogP contribution in [-0.2, 0) is 6.54 Å². The first-order chi connectivity index (χ1) is 9.12. The molecule has 0 bridgehead atoms. The van der Waals surface area contributed by atoms with Crippen LogP contribution in [0.3, 0.4) is 0 Å². The Balaban J connectivity index is 2.88. The molecule has 5 heteroatoms. The number of nitrogens with zero attached hydrogens (tertiary/aromatic N) is 1. The number of methoxy groups -OCH3 is 1. The third-order valence-electron chi connectivity index (χ3n) is 2.67. The average Bonchev–Trinajstić information content (AvgIpc) is 2.37. The van der Waals surface area contributed by atoms with E-state index >= 15 is 0 Å². The second-order valence-corrected chi connectivity index (χ2v) is 5.27. The fraction of sp³-hybridized carbons (Fsp3) is 0.571. The summed E-state index contributed by atoms with van der Waals surface area (Å²) < 4.78 is 12.0. The van der Waals surface area contributed by atoms with E-state index in [1.54, 1.807) is 7.11 Å². The molecule has 0 unspecified atom stereocenters. The Morgan fingerprint density at radius 3 is 2.68 bits per heavy atom. The molecule has 0 aliphatic heterocycles. The summed E-state index contributed by atoms with van der Waals surface area (Å²) in [7, 11) is 3.61. The van der Waals surface area contributed by atoms with Crippen molar-refractivity contribution >= 4 is 15.9 Å². The van der Waals surface area contributed by atoms with Crippen LogP contribution in [0.1, 0.15) is 18.9 Å². The van der Waals surface area contributed by atoms with Gasteiger partial charge in [0.25, 0.3) is 0 Å². The number of benzene rings is 1. The maximum Gasteiger partial charge on any atom is 0.175 e. The molecule has 1 aromatic carbocycles. The van der Waals surface area contributed by atoms with Gasteiger partial charge < -0.3 is 14.6 Å². The highest BCUT2D eigenvalue weighted by Gasteiger charge is 2.12. The van der Waals surface area contributed by atoms with E-state index in [9.17, 15) is 0 Å². The zero-order valence-electron chi connectivity index (χ0n) is 11.8. The number of hydrogen-bond acceptors (Lipinski definition) is 4. The molecule has 108 valence electrons. The largest absolute Gasteiger partial charge is 0.493 e. The van der Waals surface area contributed by atoms with E-state index in [4.69, 9.17) is 14.6 Å². The smallest absolute Gasteiger partial charge is 0.175 e. The number of ether oxygens (including phenoxy) is 2. The van der Waals surface area contributed by atoms with Gasteiger partial charge in [-0.1, -0.05) is 6.92 Å². The molecule has 1 aromatic rings. The second kappa shape index (κ2) is 8.40. The number of halogens is 1. The minimum Gasteiger partial charge on any atom is -0.493 e. The molecule has 1 N–H and O–H groups in total. The van der Waals surface area contributed by atoms with Crippen LogP contribution < -0.4 is 9.47 Å². The lowest BCUT2D eigenvalue weighted by molar-refractivity contribution is 0.217. The van der Waals surface area contributed by atoms with Crippen molar-refractivity contribution in [3.8, 4) is 11.5 Å². The Kier molecular flexibility index (Phi) is 7.20. The Labute approximate surface area is 123 Å². The van der Waals surface area contributed by atoms with Gasteiger partial charge >= 0.3 is 0 Å². The topological polar surface area (TPSA) is 41.9 Å². The number of rotatable bonds is 8. The third-order valence-corrected chi connectivity index (χ3v) is 3.26. The highest BCUT2D eigenvalue weighted by atomic mass is 79.9. The van der Waals surface area contributed by atoms with Crippen LogP contribution in [0.25, 0.3) is 0 Å². The zero-order chi connectivity index (χ0) is 14.3. The van der Waals surface area contributed by atoms with Gasteiger partial charge in [0.15, 0.2) is 11.5 Å². The molecular formula is C14H22BrNO3. The zero-order valence-corrected chi connectivity index (χ0v) is 13.4. The molecule has 0 fully saturated rings. The standard InChI is InChI=1S/C14H22BrNO3/c1-4-7-19-14-12(15)8-11(9-13(14)18-3)10-16(2)5-6-17/h8-9,17H,4-7,10H2,1-3H3. The molecule has 0 saturated carbocycles. The summed E-state index contributed by atoms with van der Waals surface area (Å²) in [5.74, 6) is 1.48. The van der Waals surface area contributed by atoms with Crippen molar-refractivity contribution in [2.24, 2.45) is 0 Å². The minimum atomic E-state index is 0.159. The average molecular weight is 332 g/mol. The van der Waals surface area contributed by atoms with Gasteiger partial charge in [-0.2, -0.15) is 0 Å². The summed E-state index contributed by atoms with van der Waals surface area (Å²) in [5.41, 5.74) is 1.11. The maximum atomic E-state index is 8.92. The number of hydrogen-bond donors (Lipinski definition) is 1. The Bertz CT molecular complexity index is 399. The quantitative estimate of drug-likeness (QED) is 0.795. The number of aliphatic hydroxyl groups is 1. The van der Waals surface area contributed by atoms with Crippen molar-refractivity contribution < 1.29 is 14.6 Å². The molecule has 1 rings (SSSR count). The summed E-state index contributed by atoms with van der Waals surface area (Å²) in [4.78, 5) is 2.05. The molecule has 0 saturated heterocycles. The molecule has 19 heavy (non-hydrogen) atoms. The summed E-state index contributed by atoms with van der Waals surface area (Å²) in [5, 5.41) is 8.92. The highest BCUT2D eigenvalue weighted by molar-refractivity contribution is 9.10. The van der Waals surface area contributed by atoms with Crippen LogP contribution in [0.15, 0.2) is 16.6 Å². The molecular weight excluding hydrogens is 310 g/mol. The Morgan fingerprint density at radius 2 is 2.11 bits per heavy atom. The fourth-order valence-corrected chi connectivity index (χ4v) is 2.37. The molecule has 0 spiro atoms. The maximum absolute atomic E-state index is 8.92. The van der Waals surface area contributed by atoms with E-state index in [0.717, 1.165) is 34.5 Å². The van der Waals surface area contributed by atoms with Gasteiger partial charge in [-0.25, -0.2) is 0 Å². The van der Waals surface area contributed by atoms with E-state index in [1.165, 1.54) is 0 Å². The third kappa shape index (κ3) is 5.01.